The van der Waals surface area contributed by atoms with Gasteiger partial charge in [0.05, 0.1) is 17.8 Å². The predicted octanol–water partition coefficient (Wildman–Crippen LogP) is 3.83. The lowest BCUT2D eigenvalue weighted by Crippen LogP contribution is -2.20. The maximum Gasteiger partial charge on any atom is 0.262 e. The Morgan fingerprint density at radius 2 is 1.96 bits per heavy atom. The van der Waals surface area contributed by atoms with Gasteiger partial charge < -0.3 is 14.8 Å². The number of anilines is 1. The van der Waals surface area contributed by atoms with E-state index >= 15 is 0 Å². The number of aldehydes is 1. The van der Waals surface area contributed by atoms with E-state index in [1.54, 1.807) is 24.3 Å². The van der Waals surface area contributed by atoms with Crippen molar-refractivity contribution in [3.05, 3.63) is 52.0 Å². The van der Waals surface area contributed by atoms with E-state index in [-0.39, 0.29) is 6.61 Å². The number of carbonyl (C=O) groups excluding carboxylic acids is 2. The second kappa shape index (κ2) is 7.85. The molecule has 2 rings (SSSR count). The fourth-order valence-corrected chi connectivity index (χ4v) is 2.25. The zero-order valence-electron chi connectivity index (χ0n) is 12.1. The highest BCUT2D eigenvalue weighted by Crippen LogP contribution is 2.28. The molecule has 0 aliphatic carbocycles. The Balaban J connectivity index is 2.00. The molecule has 23 heavy (non-hydrogen) atoms. The summed E-state index contributed by atoms with van der Waals surface area (Å²) in [5.74, 6) is 0.332. The first-order chi connectivity index (χ1) is 11.0. The van der Waals surface area contributed by atoms with Gasteiger partial charge in [0, 0.05) is 10.6 Å². The molecule has 0 atom stereocenters. The third kappa shape index (κ3) is 4.61. The summed E-state index contributed by atoms with van der Waals surface area (Å²) in [7, 11) is 1.45. The fourth-order valence-electron chi connectivity index (χ4n) is 1.80. The minimum Gasteiger partial charge on any atom is -0.493 e. The van der Waals surface area contributed by atoms with Crippen LogP contribution < -0.4 is 14.8 Å². The van der Waals surface area contributed by atoms with E-state index in [9.17, 15) is 9.59 Å². The van der Waals surface area contributed by atoms with Crippen molar-refractivity contribution in [2.75, 3.05) is 19.0 Å². The van der Waals surface area contributed by atoms with Crippen LogP contribution in [0.2, 0.25) is 10.0 Å². The molecule has 0 saturated heterocycles. The zero-order valence-corrected chi connectivity index (χ0v) is 13.6. The molecular weight excluding hydrogens is 341 g/mol. The van der Waals surface area contributed by atoms with Crippen LogP contribution in [0.4, 0.5) is 5.69 Å². The Labute approximate surface area is 143 Å². The quantitative estimate of drug-likeness (QED) is 0.801. The molecule has 0 aliphatic heterocycles. The third-order valence-corrected chi connectivity index (χ3v) is 3.44. The van der Waals surface area contributed by atoms with Gasteiger partial charge in [-0.15, -0.1) is 0 Å². The molecule has 0 heterocycles. The molecule has 120 valence electrons. The molecule has 5 nitrogen and oxygen atoms in total. The number of ether oxygens (including phenoxy) is 2. The minimum absolute atomic E-state index is 0.240. The normalized spacial score (nSPS) is 10.0. The van der Waals surface area contributed by atoms with Crippen molar-refractivity contribution in [3.63, 3.8) is 0 Å². The Hall–Kier alpha value is -2.24. The molecular formula is C16H13Cl2NO4. The van der Waals surface area contributed by atoms with E-state index in [1.165, 1.54) is 19.2 Å². The Morgan fingerprint density at radius 1 is 1.17 bits per heavy atom. The van der Waals surface area contributed by atoms with E-state index in [0.29, 0.717) is 39.1 Å². The number of amides is 1. The van der Waals surface area contributed by atoms with Crippen LogP contribution in [0.1, 0.15) is 10.4 Å². The van der Waals surface area contributed by atoms with Crippen LogP contribution in [-0.4, -0.2) is 25.9 Å². The van der Waals surface area contributed by atoms with Gasteiger partial charge in [0.25, 0.3) is 5.91 Å². The van der Waals surface area contributed by atoms with E-state index in [0.717, 1.165) is 0 Å². The topological polar surface area (TPSA) is 64.6 Å². The van der Waals surface area contributed by atoms with Crippen molar-refractivity contribution in [2.24, 2.45) is 0 Å². The van der Waals surface area contributed by atoms with E-state index in [4.69, 9.17) is 32.7 Å². The van der Waals surface area contributed by atoms with Crippen LogP contribution in [0.3, 0.4) is 0 Å². The van der Waals surface area contributed by atoms with Gasteiger partial charge in [-0.2, -0.15) is 0 Å². The van der Waals surface area contributed by atoms with E-state index in [1.807, 2.05) is 0 Å². The monoisotopic (exact) mass is 353 g/mol. The molecule has 0 spiro atoms. The number of rotatable bonds is 6. The summed E-state index contributed by atoms with van der Waals surface area (Å²) in [6, 6.07) is 9.40. The molecule has 0 fully saturated rings. The second-order valence-corrected chi connectivity index (χ2v) is 5.33. The van der Waals surface area contributed by atoms with Crippen molar-refractivity contribution in [3.8, 4) is 11.5 Å². The van der Waals surface area contributed by atoms with Gasteiger partial charge in [-0.05, 0) is 36.4 Å². The SMILES string of the molecule is COc1cc(C=O)ccc1OCC(=O)Nc1ccc(Cl)cc1Cl. The van der Waals surface area contributed by atoms with Crippen molar-refractivity contribution in [1.82, 2.24) is 0 Å². The first-order valence-electron chi connectivity index (χ1n) is 6.54. The van der Waals surface area contributed by atoms with Crippen molar-refractivity contribution in [1.29, 1.82) is 0 Å². The summed E-state index contributed by atoms with van der Waals surface area (Å²) in [5, 5.41) is 3.42. The molecule has 0 saturated carbocycles. The minimum atomic E-state index is -0.393. The van der Waals surface area contributed by atoms with Gasteiger partial charge in [0.2, 0.25) is 0 Å². The van der Waals surface area contributed by atoms with Crippen LogP contribution in [0, 0.1) is 0 Å². The number of nitrogens with one attached hydrogen (secondary N) is 1. The summed E-state index contributed by atoms with van der Waals surface area (Å²) < 4.78 is 10.5. The van der Waals surface area contributed by atoms with Gasteiger partial charge in [-0.3, -0.25) is 9.59 Å². The van der Waals surface area contributed by atoms with Gasteiger partial charge in [-0.25, -0.2) is 0 Å². The highest BCUT2D eigenvalue weighted by Gasteiger charge is 2.10. The highest BCUT2D eigenvalue weighted by atomic mass is 35.5. The molecule has 0 radical (unpaired) electrons. The lowest BCUT2D eigenvalue weighted by molar-refractivity contribution is -0.118. The maximum absolute atomic E-state index is 11.9. The molecule has 7 heteroatoms. The van der Waals surface area contributed by atoms with Crippen LogP contribution in [0.15, 0.2) is 36.4 Å². The molecule has 0 bridgehead atoms. The average Bonchev–Trinajstić information content (AvgIpc) is 2.55. The predicted molar refractivity (Wildman–Crippen MR) is 89.0 cm³/mol. The van der Waals surface area contributed by atoms with Crippen LogP contribution in [0.25, 0.3) is 0 Å². The number of hydrogen-bond donors (Lipinski definition) is 1. The first kappa shape index (κ1) is 17.1. The van der Waals surface area contributed by atoms with E-state index < -0.39 is 5.91 Å². The molecule has 1 N–H and O–H groups in total. The number of benzene rings is 2. The van der Waals surface area contributed by atoms with Crippen LogP contribution >= 0.6 is 23.2 Å². The summed E-state index contributed by atoms with van der Waals surface area (Å²) >= 11 is 11.8. The molecule has 2 aromatic carbocycles. The Morgan fingerprint density at radius 3 is 2.61 bits per heavy atom. The smallest absolute Gasteiger partial charge is 0.262 e. The Bertz CT molecular complexity index is 734. The van der Waals surface area contributed by atoms with Crippen molar-refractivity contribution >= 4 is 41.1 Å². The van der Waals surface area contributed by atoms with Crippen LogP contribution in [-0.2, 0) is 4.79 Å². The number of carbonyl (C=O) groups is 2. The number of hydrogen-bond acceptors (Lipinski definition) is 4. The lowest BCUT2D eigenvalue weighted by atomic mass is 10.2. The summed E-state index contributed by atoms with van der Waals surface area (Å²) in [6.07, 6.45) is 0.696. The van der Waals surface area contributed by atoms with Crippen molar-refractivity contribution in [2.45, 2.75) is 0 Å². The number of halogens is 2. The van der Waals surface area contributed by atoms with Gasteiger partial charge in [0.15, 0.2) is 18.1 Å². The first-order valence-corrected chi connectivity index (χ1v) is 7.30. The average molecular weight is 354 g/mol. The molecule has 0 aliphatic rings. The maximum atomic E-state index is 11.9. The fraction of sp³-hybridized carbons (Fsp3) is 0.125. The van der Waals surface area contributed by atoms with Crippen LogP contribution in [0.5, 0.6) is 11.5 Å². The number of methoxy groups -OCH3 is 1. The molecule has 0 aromatic heterocycles. The van der Waals surface area contributed by atoms with Gasteiger partial charge in [0.1, 0.15) is 6.29 Å². The van der Waals surface area contributed by atoms with E-state index in [2.05, 4.69) is 5.32 Å². The zero-order chi connectivity index (χ0) is 16.8. The molecule has 2 aromatic rings. The second-order valence-electron chi connectivity index (χ2n) is 4.49. The summed E-state index contributed by atoms with van der Waals surface area (Å²) in [5.41, 5.74) is 0.888. The largest absolute Gasteiger partial charge is 0.493 e. The summed E-state index contributed by atoms with van der Waals surface area (Å²) in [6.45, 7) is -0.240. The Kier molecular flexibility index (Phi) is 5.84. The highest BCUT2D eigenvalue weighted by molar-refractivity contribution is 6.36. The van der Waals surface area contributed by atoms with Gasteiger partial charge in [-0.1, -0.05) is 23.2 Å². The molecule has 0 unspecified atom stereocenters. The summed E-state index contributed by atoms with van der Waals surface area (Å²) in [4.78, 5) is 22.6. The standard InChI is InChI=1S/C16H13Cl2NO4/c1-22-15-6-10(8-20)2-5-14(15)23-9-16(21)19-13-4-3-11(17)7-12(13)18/h2-8H,9H2,1H3,(H,19,21). The lowest BCUT2D eigenvalue weighted by Gasteiger charge is -2.12. The van der Waals surface area contributed by atoms with Gasteiger partial charge >= 0.3 is 0 Å². The molecule has 1 amide bonds. The van der Waals surface area contributed by atoms with Crippen molar-refractivity contribution < 1.29 is 19.1 Å². The third-order valence-electron chi connectivity index (χ3n) is 2.89.